The van der Waals surface area contributed by atoms with Crippen molar-refractivity contribution in [2.45, 2.75) is 25.1 Å². The van der Waals surface area contributed by atoms with E-state index in [9.17, 15) is 18.0 Å². The molecule has 0 amide bonds. The molecule has 0 N–H and O–H groups in total. The Bertz CT molecular complexity index is 779. The van der Waals surface area contributed by atoms with Crippen molar-refractivity contribution >= 4 is 5.97 Å². The molecule has 6 heteroatoms. The van der Waals surface area contributed by atoms with Crippen LogP contribution in [-0.2, 0) is 26.9 Å². The van der Waals surface area contributed by atoms with Crippen LogP contribution in [0.4, 0.5) is 13.2 Å². The van der Waals surface area contributed by atoms with E-state index in [1.54, 1.807) is 31.2 Å². The lowest BCUT2D eigenvalue weighted by atomic mass is 9.95. The van der Waals surface area contributed by atoms with Gasteiger partial charge >= 0.3 is 12.1 Å². The van der Waals surface area contributed by atoms with E-state index >= 15 is 0 Å². The number of halogens is 3. The molecule has 1 aliphatic rings. The van der Waals surface area contributed by atoms with Gasteiger partial charge in [-0.25, -0.2) is 4.79 Å². The van der Waals surface area contributed by atoms with Crippen LogP contribution in [0.5, 0.6) is 0 Å². The fourth-order valence-electron chi connectivity index (χ4n) is 2.71. The third-order valence-electron chi connectivity index (χ3n) is 4.08. The molecule has 0 radical (unpaired) electrons. The summed E-state index contributed by atoms with van der Waals surface area (Å²) in [6.45, 7) is 2.29. The Morgan fingerprint density at radius 1 is 1.16 bits per heavy atom. The van der Waals surface area contributed by atoms with Crippen molar-refractivity contribution in [3.8, 4) is 11.1 Å². The molecule has 0 aromatic heterocycles. The first-order valence-electron chi connectivity index (χ1n) is 7.92. The summed E-state index contributed by atoms with van der Waals surface area (Å²) in [5.41, 5.74) is 0.286. The molecule has 0 spiro atoms. The summed E-state index contributed by atoms with van der Waals surface area (Å²) >= 11 is 0. The van der Waals surface area contributed by atoms with Crippen LogP contribution in [-0.4, -0.2) is 24.8 Å². The van der Waals surface area contributed by atoms with Crippen molar-refractivity contribution in [3.63, 3.8) is 0 Å². The van der Waals surface area contributed by atoms with Crippen LogP contribution >= 0.6 is 0 Å². The maximum Gasteiger partial charge on any atom is 0.416 e. The van der Waals surface area contributed by atoms with Crippen LogP contribution < -0.4 is 0 Å². The highest BCUT2D eigenvalue weighted by atomic mass is 19.4. The average Bonchev–Trinajstić information content (AvgIpc) is 3.35. The molecule has 1 unspecified atom stereocenters. The first kappa shape index (κ1) is 17.5. The first-order valence-corrected chi connectivity index (χ1v) is 7.92. The lowest BCUT2D eigenvalue weighted by molar-refractivity contribution is -0.149. The summed E-state index contributed by atoms with van der Waals surface area (Å²) in [7, 11) is 0. The molecule has 2 aromatic rings. The van der Waals surface area contributed by atoms with Gasteiger partial charge in [-0.15, -0.1) is 0 Å². The molecule has 132 valence electrons. The van der Waals surface area contributed by atoms with Gasteiger partial charge in [0.05, 0.1) is 18.8 Å². The Hall–Kier alpha value is -2.34. The van der Waals surface area contributed by atoms with Crippen molar-refractivity contribution in [2.75, 3.05) is 13.2 Å². The number of carbonyl (C=O) groups is 1. The molecule has 0 aliphatic carbocycles. The molecule has 2 aromatic carbocycles. The van der Waals surface area contributed by atoms with Gasteiger partial charge in [0.15, 0.2) is 5.60 Å². The number of alkyl halides is 3. The van der Waals surface area contributed by atoms with E-state index in [-0.39, 0.29) is 6.61 Å². The highest BCUT2D eigenvalue weighted by Crippen LogP contribution is 2.35. The Morgan fingerprint density at radius 3 is 2.40 bits per heavy atom. The molecular weight excluding hydrogens is 333 g/mol. The van der Waals surface area contributed by atoms with Crippen molar-refractivity contribution in [2.24, 2.45) is 0 Å². The number of rotatable bonds is 5. The van der Waals surface area contributed by atoms with Gasteiger partial charge in [-0.05, 0) is 35.7 Å². The van der Waals surface area contributed by atoms with E-state index in [1.807, 2.05) is 6.07 Å². The van der Waals surface area contributed by atoms with Gasteiger partial charge in [-0.1, -0.05) is 36.4 Å². The second kappa shape index (κ2) is 6.52. The van der Waals surface area contributed by atoms with Gasteiger partial charge in [0, 0.05) is 6.42 Å². The number of carbonyl (C=O) groups excluding carboxylic acids is 1. The molecule has 1 aliphatic heterocycles. The molecule has 1 saturated heterocycles. The van der Waals surface area contributed by atoms with Crippen molar-refractivity contribution in [1.29, 1.82) is 0 Å². The molecule has 3 rings (SSSR count). The standard InChI is InChI=1S/C19H17F3O3/c1-2-24-17(23)18(12-25-18)11-13-5-3-6-14(9-13)15-7-4-8-16(10-15)19(20,21)22/h3-10H,2,11-12H2,1H3. The molecule has 0 bridgehead atoms. The van der Waals surface area contributed by atoms with E-state index in [4.69, 9.17) is 9.47 Å². The number of esters is 1. The minimum absolute atomic E-state index is 0.272. The van der Waals surface area contributed by atoms with Gasteiger partial charge in [0.2, 0.25) is 0 Å². The number of hydrogen-bond acceptors (Lipinski definition) is 3. The van der Waals surface area contributed by atoms with Gasteiger partial charge in [-0.2, -0.15) is 13.2 Å². The maximum atomic E-state index is 12.9. The van der Waals surface area contributed by atoms with Gasteiger partial charge in [0.25, 0.3) is 0 Å². The SMILES string of the molecule is CCOC(=O)C1(Cc2cccc(-c3cccc(C(F)(F)F)c3)c2)CO1. The van der Waals surface area contributed by atoms with E-state index in [1.165, 1.54) is 6.07 Å². The summed E-state index contributed by atoms with van der Waals surface area (Å²) in [6.07, 6.45) is -4.05. The monoisotopic (exact) mass is 350 g/mol. The van der Waals surface area contributed by atoms with E-state index in [0.717, 1.165) is 17.7 Å². The zero-order valence-electron chi connectivity index (χ0n) is 13.6. The smallest absolute Gasteiger partial charge is 0.416 e. The van der Waals surface area contributed by atoms with Crippen molar-refractivity contribution < 1.29 is 27.4 Å². The number of ether oxygens (including phenoxy) is 2. The highest BCUT2D eigenvalue weighted by Gasteiger charge is 2.53. The maximum absolute atomic E-state index is 12.9. The third-order valence-corrected chi connectivity index (χ3v) is 4.08. The molecule has 1 atom stereocenters. The van der Waals surface area contributed by atoms with Crippen LogP contribution in [0.1, 0.15) is 18.1 Å². The van der Waals surface area contributed by atoms with E-state index < -0.39 is 23.3 Å². The van der Waals surface area contributed by atoms with Gasteiger partial charge < -0.3 is 9.47 Å². The summed E-state index contributed by atoms with van der Waals surface area (Å²) in [5, 5.41) is 0. The summed E-state index contributed by atoms with van der Waals surface area (Å²) < 4.78 is 49.0. The Balaban J connectivity index is 1.84. The zero-order chi connectivity index (χ0) is 18.1. The van der Waals surface area contributed by atoms with Crippen LogP contribution in [0, 0.1) is 0 Å². The molecule has 0 saturated carbocycles. The van der Waals surface area contributed by atoms with Gasteiger partial charge in [-0.3, -0.25) is 0 Å². The Morgan fingerprint density at radius 2 is 1.80 bits per heavy atom. The largest absolute Gasteiger partial charge is 0.464 e. The molecule has 1 heterocycles. The van der Waals surface area contributed by atoms with Crippen LogP contribution in [0.2, 0.25) is 0 Å². The predicted octanol–water partition coefficient (Wildman–Crippen LogP) is 4.25. The molecule has 25 heavy (non-hydrogen) atoms. The zero-order valence-corrected chi connectivity index (χ0v) is 13.6. The number of hydrogen-bond donors (Lipinski definition) is 0. The second-order valence-corrected chi connectivity index (χ2v) is 5.96. The lowest BCUT2D eigenvalue weighted by Gasteiger charge is -2.12. The van der Waals surface area contributed by atoms with E-state index in [2.05, 4.69) is 0 Å². The minimum Gasteiger partial charge on any atom is -0.464 e. The molecule has 1 fully saturated rings. The lowest BCUT2D eigenvalue weighted by Crippen LogP contribution is -2.29. The Labute approximate surface area is 143 Å². The fourth-order valence-corrected chi connectivity index (χ4v) is 2.71. The van der Waals surface area contributed by atoms with Gasteiger partial charge in [0.1, 0.15) is 0 Å². The van der Waals surface area contributed by atoms with Crippen LogP contribution in [0.25, 0.3) is 11.1 Å². The van der Waals surface area contributed by atoms with Crippen molar-refractivity contribution in [1.82, 2.24) is 0 Å². The van der Waals surface area contributed by atoms with Crippen LogP contribution in [0.3, 0.4) is 0 Å². The summed E-state index contributed by atoms with van der Waals surface area (Å²) in [6, 6.07) is 12.3. The minimum atomic E-state index is -4.39. The van der Waals surface area contributed by atoms with Crippen LogP contribution in [0.15, 0.2) is 48.5 Å². The normalized spacial score (nSPS) is 19.5. The second-order valence-electron chi connectivity index (χ2n) is 5.96. The number of benzene rings is 2. The fraction of sp³-hybridized carbons (Fsp3) is 0.316. The topological polar surface area (TPSA) is 38.8 Å². The highest BCUT2D eigenvalue weighted by molar-refractivity contribution is 5.83. The van der Waals surface area contributed by atoms with Crippen molar-refractivity contribution in [3.05, 3.63) is 59.7 Å². The third kappa shape index (κ3) is 3.85. The average molecular weight is 350 g/mol. The first-order chi connectivity index (χ1) is 11.8. The summed E-state index contributed by atoms with van der Waals surface area (Å²) in [5.74, 6) is -0.403. The summed E-state index contributed by atoms with van der Waals surface area (Å²) in [4.78, 5) is 12.0. The predicted molar refractivity (Wildman–Crippen MR) is 85.9 cm³/mol. The molecular formula is C19H17F3O3. The number of epoxide rings is 1. The molecule has 3 nitrogen and oxygen atoms in total. The Kier molecular flexibility index (Phi) is 4.56. The van der Waals surface area contributed by atoms with E-state index in [0.29, 0.717) is 24.2 Å². The quantitative estimate of drug-likeness (QED) is 0.598.